The van der Waals surface area contributed by atoms with Crippen LogP contribution in [0.2, 0.25) is 5.02 Å². The molecule has 4 rings (SSSR count). The van der Waals surface area contributed by atoms with Gasteiger partial charge in [-0.3, -0.25) is 4.79 Å². The number of halogens is 1. The molecule has 3 aromatic rings. The first-order valence-corrected chi connectivity index (χ1v) is 9.70. The smallest absolute Gasteiger partial charge is 0.416 e. The van der Waals surface area contributed by atoms with Gasteiger partial charge in [0.25, 0.3) is 5.56 Å². The zero-order valence-corrected chi connectivity index (χ0v) is 17.1. The molecule has 154 valence electrons. The fourth-order valence-electron chi connectivity index (χ4n) is 3.13. The van der Waals surface area contributed by atoms with Crippen LogP contribution in [-0.4, -0.2) is 39.2 Å². The third kappa shape index (κ3) is 4.11. The van der Waals surface area contributed by atoms with E-state index in [9.17, 15) is 9.59 Å². The van der Waals surface area contributed by atoms with Crippen LogP contribution in [0.15, 0.2) is 41.3 Å². The number of nitrogens with one attached hydrogen (secondary N) is 2. The van der Waals surface area contributed by atoms with Gasteiger partial charge in [-0.2, -0.15) is 15.0 Å². The minimum atomic E-state index is -0.494. The predicted molar refractivity (Wildman–Crippen MR) is 113 cm³/mol. The van der Waals surface area contributed by atoms with Crippen LogP contribution in [0.3, 0.4) is 0 Å². The van der Waals surface area contributed by atoms with Crippen LogP contribution in [-0.2, 0) is 4.74 Å². The highest BCUT2D eigenvalue weighted by molar-refractivity contribution is 6.30. The summed E-state index contributed by atoms with van der Waals surface area (Å²) in [5.41, 5.74) is 2.07. The number of aromatic nitrogens is 4. The molecule has 1 amide bonds. The van der Waals surface area contributed by atoms with E-state index in [-0.39, 0.29) is 24.1 Å². The highest BCUT2D eigenvalue weighted by Crippen LogP contribution is 2.24. The van der Waals surface area contributed by atoms with E-state index in [2.05, 4.69) is 25.3 Å². The molecule has 10 heteroatoms. The number of aromatic amines is 1. The molecule has 30 heavy (non-hydrogen) atoms. The first kappa shape index (κ1) is 19.8. The largest absolute Gasteiger partial charge is 0.447 e. The molecule has 1 saturated heterocycles. The lowest BCUT2D eigenvalue weighted by atomic mass is 10.0. The summed E-state index contributed by atoms with van der Waals surface area (Å²) in [6.45, 7) is 4.20. The van der Waals surface area contributed by atoms with Crippen LogP contribution in [0.5, 0.6) is 0 Å². The molecule has 0 radical (unpaired) electrons. The van der Waals surface area contributed by atoms with E-state index in [1.807, 2.05) is 25.1 Å². The Balaban J connectivity index is 1.61. The molecule has 1 aliphatic heterocycles. The van der Waals surface area contributed by atoms with Gasteiger partial charge in [-0.15, -0.1) is 0 Å². The Morgan fingerprint density at radius 1 is 1.17 bits per heavy atom. The fraction of sp³-hybridized carbons (Fsp3) is 0.250. The van der Waals surface area contributed by atoms with Gasteiger partial charge in [0.2, 0.25) is 11.9 Å². The van der Waals surface area contributed by atoms with E-state index in [1.165, 1.54) is 4.90 Å². The zero-order chi connectivity index (χ0) is 21.3. The topological polar surface area (TPSA) is 113 Å². The summed E-state index contributed by atoms with van der Waals surface area (Å²) in [6.07, 6.45) is 1.16. The highest BCUT2D eigenvalue weighted by atomic mass is 35.5. The van der Waals surface area contributed by atoms with Crippen molar-refractivity contribution in [2.24, 2.45) is 0 Å². The molecule has 1 aromatic carbocycles. The summed E-state index contributed by atoms with van der Waals surface area (Å²) in [5.74, 6) is 0.919. The van der Waals surface area contributed by atoms with Gasteiger partial charge < -0.3 is 15.0 Å². The Bertz CT molecular complexity index is 1150. The summed E-state index contributed by atoms with van der Waals surface area (Å²) in [4.78, 5) is 41.2. The normalized spacial score (nSPS) is 14.5. The van der Waals surface area contributed by atoms with Gasteiger partial charge in [0.05, 0.1) is 12.6 Å². The number of rotatable bonds is 5. The lowest BCUT2D eigenvalue weighted by Gasteiger charge is -2.17. The van der Waals surface area contributed by atoms with Gasteiger partial charge in [-0.25, -0.2) is 9.69 Å². The molecule has 0 spiro atoms. The molecule has 0 unspecified atom stereocenters. The number of amides is 1. The number of carbonyl (C=O) groups is 1. The first-order chi connectivity index (χ1) is 14.4. The van der Waals surface area contributed by atoms with Crippen molar-refractivity contribution in [2.45, 2.75) is 19.9 Å². The summed E-state index contributed by atoms with van der Waals surface area (Å²) < 4.78 is 4.94. The summed E-state index contributed by atoms with van der Waals surface area (Å²) in [5, 5.41) is 3.76. The molecular formula is C20H19ClN6O3. The third-order valence-corrected chi connectivity index (χ3v) is 4.91. The fourth-order valence-corrected chi connectivity index (χ4v) is 3.26. The number of cyclic esters (lactones) is 1. The Morgan fingerprint density at radius 3 is 2.63 bits per heavy atom. The maximum Gasteiger partial charge on any atom is 0.416 e. The average Bonchev–Trinajstić information content (AvgIpc) is 3.14. The predicted octanol–water partition coefficient (Wildman–Crippen LogP) is 3.32. The number of nitrogens with zero attached hydrogens (tertiary/aromatic N) is 4. The SMILES string of the molecule is Cc1nc(N[C@@H](C)c2cc(-c3ccc(Cl)cc3)c[nH]c2=O)nc(N2CCOC2=O)n1. The van der Waals surface area contributed by atoms with Crippen LogP contribution in [0.4, 0.5) is 16.7 Å². The minimum Gasteiger partial charge on any atom is -0.447 e. The molecule has 1 atom stereocenters. The van der Waals surface area contributed by atoms with E-state index in [0.717, 1.165) is 11.1 Å². The van der Waals surface area contributed by atoms with Gasteiger partial charge in [0.15, 0.2) is 0 Å². The number of pyridine rings is 1. The van der Waals surface area contributed by atoms with Crippen molar-refractivity contribution in [3.05, 3.63) is 63.3 Å². The van der Waals surface area contributed by atoms with E-state index >= 15 is 0 Å². The molecule has 1 fully saturated rings. The number of carbonyl (C=O) groups excluding carboxylic acids is 1. The van der Waals surface area contributed by atoms with Crippen molar-refractivity contribution in [1.82, 2.24) is 19.9 Å². The third-order valence-electron chi connectivity index (χ3n) is 4.66. The lowest BCUT2D eigenvalue weighted by molar-refractivity contribution is 0.181. The Hall–Kier alpha value is -3.46. The molecule has 0 aliphatic carbocycles. The Kier molecular flexibility index (Phi) is 5.37. The minimum absolute atomic E-state index is 0.212. The van der Waals surface area contributed by atoms with Crippen LogP contribution >= 0.6 is 11.6 Å². The number of benzene rings is 1. The molecule has 3 heterocycles. The highest BCUT2D eigenvalue weighted by Gasteiger charge is 2.27. The molecule has 1 aliphatic rings. The standard InChI is InChI=1S/C20H19ClN6O3/c1-11(16-9-14(10-22-17(16)28)13-3-5-15(21)6-4-13)23-18-24-12(2)25-19(26-18)27-7-8-30-20(27)29/h3-6,9-11H,7-8H2,1-2H3,(H,22,28)(H,23,24,25,26)/t11-/m0/s1. The maximum atomic E-state index is 12.4. The second-order valence-corrected chi connectivity index (χ2v) is 7.25. The Morgan fingerprint density at radius 2 is 1.93 bits per heavy atom. The maximum absolute atomic E-state index is 12.4. The number of aryl methyl sites for hydroxylation is 1. The monoisotopic (exact) mass is 426 g/mol. The molecule has 9 nitrogen and oxygen atoms in total. The lowest BCUT2D eigenvalue weighted by Crippen LogP contribution is -2.27. The van der Waals surface area contributed by atoms with Crippen LogP contribution in [0, 0.1) is 6.92 Å². The van der Waals surface area contributed by atoms with Gasteiger partial charge >= 0.3 is 6.09 Å². The first-order valence-electron chi connectivity index (χ1n) is 9.33. The summed E-state index contributed by atoms with van der Waals surface area (Å²) in [7, 11) is 0. The second kappa shape index (κ2) is 8.11. The number of hydrogen-bond donors (Lipinski definition) is 2. The Labute approximate surface area is 177 Å². The number of anilines is 2. The molecule has 0 bridgehead atoms. The summed E-state index contributed by atoms with van der Waals surface area (Å²) in [6, 6.07) is 8.76. The van der Waals surface area contributed by atoms with Gasteiger partial charge in [-0.1, -0.05) is 23.7 Å². The quantitative estimate of drug-likeness (QED) is 0.643. The molecule has 0 saturated carbocycles. The van der Waals surface area contributed by atoms with Crippen molar-refractivity contribution >= 4 is 29.6 Å². The van der Waals surface area contributed by atoms with E-state index in [4.69, 9.17) is 16.3 Å². The van der Waals surface area contributed by atoms with Crippen molar-refractivity contribution < 1.29 is 9.53 Å². The second-order valence-electron chi connectivity index (χ2n) is 6.82. The molecule has 2 aromatic heterocycles. The van der Waals surface area contributed by atoms with Crippen molar-refractivity contribution in [3.63, 3.8) is 0 Å². The number of H-pyrrole nitrogens is 1. The van der Waals surface area contributed by atoms with Crippen molar-refractivity contribution in [2.75, 3.05) is 23.4 Å². The van der Waals surface area contributed by atoms with Crippen LogP contribution in [0.25, 0.3) is 11.1 Å². The van der Waals surface area contributed by atoms with Crippen molar-refractivity contribution in [1.29, 1.82) is 0 Å². The van der Waals surface area contributed by atoms with Gasteiger partial charge in [0.1, 0.15) is 12.4 Å². The molecular weight excluding hydrogens is 408 g/mol. The number of hydrogen-bond acceptors (Lipinski definition) is 7. The average molecular weight is 427 g/mol. The van der Waals surface area contributed by atoms with Crippen molar-refractivity contribution in [3.8, 4) is 11.1 Å². The van der Waals surface area contributed by atoms with Crippen LogP contribution < -0.4 is 15.8 Å². The van der Waals surface area contributed by atoms with Gasteiger partial charge in [-0.05, 0) is 43.2 Å². The van der Waals surface area contributed by atoms with E-state index < -0.39 is 12.1 Å². The van der Waals surface area contributed by atoms with E-state index in [0.29, 0.717) is 23.0 Å². The van der Waals surface area contributed by atoms with Gasteiger partial charge in [0, 0.05) is 16.8 Å². The summed E-state index contributed by atoms with van der Waals surface area (Å²) >= 11 is 5.96. The van der Waals surface area contributed by atoms with E-state index in [1.54, 1.807) is 25.3 Å². The van der Waals surface area contributed by atoms with Crippen LogP contribution in [0.1, 0.15) is 24.4 Å². The zero-order valence-electron chi connectivity index (χ0n) is 16.3. The molecule has 2 N–H and O–H groups in total. The number of ether oxygens (including phenoxy) is 1.